The number of fused-ring (bicyclic) bond motifs is 12. The first kappa shape index (κ1) is 49.1. The first-order valence-corrected chi connectivity index (χ1v) is 24.2. The van der Waals surface area contributed by atoms with Crippen LogP contribution in [0.2, 0.25) is 0 Å². The first-order chi connectivity index (χ1) is 31.0. The Morgan fingerprint density at radius 3 is 1.02 bits per heavy atom. The molecule has 10 bridgehead atoms. The fourth-order valence-corrected chi connectivity index (χ4v) is 9.12. The minimum absolute atomic E-state index is 0.184. The van der Waals surface area contributed by atoms with Crippen LogP contribution in [0, 0.1) is 0 Å². The molecule has 5 aromatic rings. The van der Waals surface area contributed by atoms with Crippen LogP contribution in [-0.4, -0.2) is 67.8 Å². The van der Waals surface area contributed by atoms with Crippen molar-refractivity contribution in [3.05, 3.63) is 151 Å². The third-order valence-corrected chi connectivity index (χ3v) is 13.3. The summed E-state index contributed by atoms with van der Waals surface area (Å²) >= 11 is 0. The molecule has 2 N–H and O–H groups in total. The number of aromatic hydroxyl groups is 2. The van der Waals surface area contributed by atoms with E-state index in [0.717, 1.165) is 86.8 Å². The second kappa shape index (κ2) is 19.8. The minimum atomic E-state index is -0.186. The van der Waals surface area contributed by atoms with Gasteiger partial charge in [-0.1, -0.05) is 162 Å². The molecule has 1 aliphatic carbocycles. The maximum Gasteiger partial charge on any atom is 0.126 e. The van der Waals surface area contributed by atoms with Crippen LogP contribution in [0.5, 0.6) is 23.0 Å². The van der Waals surface area contributed by atoms with Crippen molar-refractivity contribution < 1.29 is 29.2 Å². The van der Waals surface area contributed by atoms with E-state index in [9.17, 15) is 10.2 Å². The van der Waals surface area contributed by atoms with E-state index < -0.39 is 0 Å². The lowest BCUT2D eigenvalue weighted by molar-refractivity contribution is 0.0531. The lowest BCUT2D eigenvalue weighted by atomic mass is 9.79. The Morgan fingerprint density at radius 1 is 0.409 bits per heavy atom. The van der Waals surface area contributed by atoms with Crippen LogP contribution >= 0.6 is 0 Å². The number of phenolic OH excluding ortho intramolecular Hbond substituents is 2. The Hall–Kier alpha value is -4.82. The van der Waals surface area contributed by atoms with Crippen LogP contribution in [0.25, 0.3) is 0 Å². The molecule has 0 fully saturated rings. The topological polar surface area (TPSA) is 80.6 Å². The molecule has 0 radical (unpaired) electrons. The van der Waals surface area contributed by atoms with Gasteiger partial charge >= 0.3 is 0 Å². The van der Waals surface area contributed by atoms with Gasteiger partial charge in [0.2, 0.25) is 0 Å². The van der Waals surface area contributed by atoms with Crippen molar-refractivity contribution in [1.29, 1.82) is 0 Å². The quantitative estimate of drug-likeness (QED) is 0.168. The first-order valence-electron chi connectivity index (χ1n) is 24.2. The van der Waals surface area contributed by atoms with Crippen LogP contribution in [0.3, 0.4) is 0 Å². The molecule has 5 aromatic carbocycles. The molecule has 2 aliphatic heterocycles. The highest BCUT2D eigenvalue weighted by Crippen LogP contribution is 2.44. The summed E-state index contributed by atoms with van der Waals surface area (Å²) in [7, 11) is 0. The van der Waals surface area contributed by atoms with E-state index in [1.54, 1.807) is 0 Å². The summed E-state index contributed by atoms with van der Waals surface area (Å²) in [6, 6.07) is 28.4. The van der Waals surface area contributed by atoms with Crippen molar-refractivity contribution in [3.8, 4) is 23.0 Å². The van der Waals surface area contributed by atoms with Crippen molar-refractivity contribution in [2.75, 3.05) is 52.7 Å². The van der Waals surface area contributed by atoms with E-state index in [1.165, 1.54) is 16.7 Å². The highest BCUT2D eigenvalue weighted by molar-refractivity contribution is 5.59. The molecular weight excluding hydrogens is 819 g/mol. The van der Waals surface area contributed by atoms with Gasteiger partial charge in [0.25, 0.3) is 0 Å². The SMILES string of the molecule is CC(C)(C)c1cc2c(O)c(c1)Cc1cc(C(C)(C)C)cc3c1OCCOCCN(Cc1ccccc1)CCOCCOc1c(cc(C(C)(C)C)cc1Cc1cc(C(C)(C)C)cc(c1O)C3)C2. The molecule has 354 valence electrons. The van der Waals surface area contributed by atoms with Crippen LogP contribution in [0.1, 0.15) is 155 Å². The maximum atomic E-state index is 12.6. The zero-order chi connectivity index (χ0) is 47.6. The highest BCUT2D eigenvalue weighted by atomic mass is 16.5. The predicted octanol–water partition coefficient (Wildman–Crippen LogP) is 12.3. The zero-order valence-electron chi connectivity index (χ0n) is 42.2. The van der Waals surface area contributed by atoms with Crippen LogP contribution < -0.4 is 9.47 Å². The second-order valence-electron chi connectivity index (χ2n) is 22.9. The van der Waals surface area contributed by atoms with Gasteiger partial charge in [0.15, 0.2) is 0 Å². The van der Waals surface area contributed by atoms with E-state index in [2.05, 4.69) is 167 Å². The normalized spacial score (nSPS) is 16.3. The third kappa shape index (κ3) is 12.0. The fourth-order valence-electron chi connectivity index (χ4n) is 9.12. The minimum Gasteiger partial charge on any atom is -0.507 e. The Balaban J connectivity index is 1.48. The molecule has 0 saturated carbocycles. The van der Waals surface area contributed by atoms with E-state index >= 15 is 0 Å². The Kier molecular flexibility index (Phi) is 14.7. The summed E-state index contributed by atoms with van der Waals surface area (Å²) < 4.78 is 26.5. The van der Waals surface area contributed by atoms with Gasteiger partial charge in [-0.3, -0.25) is 4.90 Å². The summed E-state index contributed by atoms with van der Waals surface area (Å²) in [6.45, 7) is 31.8. The number of hydrogen-bond acceptors (Lipinski definition) is 7. The molecule has 7 heteroatoms. The predicted molar refractivity (Wildman–Crippen MR) is 269 cm³/mol. The van der Waals surface area contributed by atoms with E-state index in [-0.39, 0.29) is 21.7 Å². The average molecular weight is 896 g/mol. The Morgan fingerprint density at radius 2 is 0.712 bits per heavy atom. The van der Waals surface area contributed by atoms with Gasteiger partial charge in [-0.25, -0.2) is 0 Å². The van der Waals surface area contributed by atoms with Crippen molar-refractivity contribution in [2.24, 2.45) is 0 Å². The largest absolute Gasteiger partial charge is 0.507 e. The average Bonchev–Trinajstić information content (AvgIpc) is 3.22. The molecule has 3 aliphatic rings. The van der Waals surface area contributed by atoms with Gasteiger partial charge in [-0.15, -0.1) is 0 Å². The molecule has 8 rings (SSSR count). The van der Waals surface area contributed by atoms with E-state index in [1.807, 2.05) is 0 Å². The van der Waals surface area contributed by atoms with Gasteiger partial charge in [-0.2, -0.15) is 0 Å². The molecular formula is C59H77NO6. The van der Waals surface area contributed by atoms with Crippen LogP contribution in [0.4, 0.5) is 0 Å². The van der Waals surface area contributed by atoms with Crippen molar-refractivity contribution in [2.45, 2.75) is 137 Å². The number of phenols is 2. The van der Waals surface area contributed by atoms with Crippen molar-refractivity contribution in [3.63, 3.8) is 0 Å². The standard InChI is InChI=1S/C59H77NO6/c1-56(2,3)48-30-40-26-44-34-50(58(7,8)9)36-46-28-42-32-49(57(4,5)6)33-43(53(42)62)29-47-37-51(59(10,11)12)35-45(27-41(31-48)52(40)61)55(47)66-25-23-64-21-19-60(38-39-16-14-13-15-17-39)18-20-63-22-24-65-54(44)46/h13-17,30-37,61-62H,18-29,38H2,1-12H3. The molecule has 2 heterocycles. The fraction of sp³-hybridized carbons (Fsp3) is 0.492. The van der Waals surface area contributed by atoms with Crippen molar-refractivity contribution >= 4 is 0 Å². The lowest BCUT2D eigenvalue weighted by Crippen LogP contribution is -2.31. The zero-order valence-corrected chi connectivity index (χ0v) is 42.2. The molecule has 0 saturated heterocycles. The van der Waals surface area contributed by atoms with Gasteiger partial charge in [0.1, 0.15) is 36.2 Å². The molecule has 7 nitrogen and oxygen atoms in total. The summed E-state index contributed by atoms with van der Waals surface area (Å²) in [5.41, 5.74) is 12.6. The number of hydrogen-bond donors (Lipinski definition) is 2. The highest BCUT2D eigenvalue weighted by Gasteiger charge is 2.29. The van der Waals surface area contributed by atoms with Gasteiger partial charge in [0.05, 0.1) is 26.4 Å². The van der Waals surface area contributed by atoms with Gasteiger partial charge in [0, 0.05) is 45.3 Å². The maximum absolute atomic E-state index is 12.6. The number of rotatable bonds is 2. The van der Waals surface area contributed by atoms with Crippen LogP contribution in [-0.2, 0) is 63.4 Å². The lowest BCUT2D eigenvalue weighted by Gasteiger charge is -2.28. The smallest absolute Gasteiger partial charge is 0.126 e. The molecule has 0 aromatic heterocycles. The Bertz CT molecular complexity index is 2230. The summed E-state index contributed by atoms with van der Waals surface area (Å²) in [6.07, 6.45) is 1.82. The molecule has 0 amide bonds. The van der Waals surface area contributed by atoms with Gasteiger partial charge in [-0.05, 0) is 94.0 Å². The molecule has 0 atom stereocenters. The summed E-state index contributed by atoms with van der Waals surface area (Å²) in [5.74, 6) is 2.15. The molecule has 0 unspecified atom stereocenters. The van der Waals surface area contributed by atoms with Crippen molar-refractivity contribution in [1.82, 2.24) is 4.90 Å². The van der Waals surface area contributed by atoms with Gasteiger partial charge < -0.3 is 29.2 Å². The third-order valence-electron chi connectivity index (χ3n) is 13.3. The summed E-state index contributed by atoms with van der Waals surface area (Å²) in [4.78, 5) is 2.38. The van der Waals surface area contributed by atoms with Crippen LogP contribution in [0.15, 0.2) is 78.9 Å². The Labute approximate surface area is 396 Å². The molecule has 0 spiro atoms. The second-order valence-corrected chi connectivity index (χ2v) is 22.9. The number of benzene rings is 5. The summed E-state index contributed by atoms with van der Waals surface area (Å²) in [5, 5.41) is 25.2. The number of ether oxygens (including phenoxy) is 4. The van der Waals surface area contributed by atoms with E-state index in [4.69, 9.17) is 18.9 Å². The number of nitrogens with zero attached hydrogens (tertiary/aromatic N) is 1. The van der Waals surface area contributed by atoms with E-state index in [0.29, 0.717) is 76.8 Å². The molecule has 66 heavy (non-hydrogen) atoms. The monoisotopic (exact) mass is 896 g/mol.